The van der Waals surface area contributed by atoms with E-state index in [0.717, 1.165) is 0 Å². The van der Waals surface area contributed by atoms with Gasteiger partial charge in [-0.2, -0.15) is 0 Å². The summed E-state index contributed by atoms with van der Waals surface area (Å²) in [5, 5.41) is 166. The van der Waals surface area contributed by atoms with Gasteiger partial charge in [0, 0.05) is 0 Å². The lowest BCUT2D eigenvalue weighted by atomic mass is 9.86. The minimum atomic E-state index is -2.79. The first-order chi connectivity index (χ1) is 35.1. The average molecular weight is 1070 g/mol. The summed E-state index contributed by atoms with van der Waals surface area (Å²) in [5.41, 5.74) is -2.27. The smallest absolute Gasteiger partial charge is 0.342 e. The molecule has 0 amide bonds. The lowest BCUT2D eigenvalue weighted by molar-refractivity contribution is -0.352. The fourth-order valence-corrected chi connectivity index (χ4v) is 8.55. The highest BCUT2D eigenvalue weighted by Crippen LogP contribution is 2.36. The molecular formula is C46H66O28. The van der Waals surface area contributed by atoms with Gasteiger partial charge in [0.1, 0.15) is 122 Å². The molecule has 28 heteroatoms. The third-order valence-corrected chi connectivity index (χ3v) is 12.8. The molecule has 2 aromatic carbocycles. The summed E-state index contributed by atoms with van der Waals surface area (Å²) in [6.07, 6.45) is -37.4. The van der Waals surface area contributed by atoms with Gasteiger partial charge in [-0.3, -0.25) is 0 Å². The molecule has 0 bridgehead atoms. The van der Waals surface area contributed by atoms with Gasteiger partial charge in [0.15, 0.2) is 18.7 Å². The highest BCUT2D eigenvalue weighted by atomic mass is 16.8. The molecule has 74 heavy (non-hydrogen) atoms. The maximum atomic E-state index is 14.3. The number of esters is 2. The second kappa shape index (κ2) is 26.0. The molecule has 4 saturated heterocycles. The van der Waals surface area contributed by atoms with E-state index in [-0.39, 0.29) is 22.6 Å². The van der Waals surface area contributed by atoms with Crippen LogP contribution in [0.25, 0.3) is 0 Å². The number of carbonyl (C=O) groups excluding carboxylic acids is 2. The van der Waals surface area contributed by atoms with Crippen molar-refractivity contribution in [2.45, 2.75) is 168 Å². The lowest BCUT2D eigenvalue weighted by Crippen LogP contribution is -2.65. The van der Waals surface area contributed by atoms with Crippen LogP contribution < -0.4 is 9.47 Å². The summed E-state index contributed by atoms with van der Waals surface area (Å²) in [6, 6.07) is 10.9. The van der Waals surface area contributed by atoms with Gasteiger partial charge in [-0.25, -0.2) is 9.59 Å². The summed E-state index contributed by atoms with van der Waals surface area (Å²) in [6.45, 7) is -1.19. The van der Waals surface area contributed by atoms with E-state index in [1.165, 1.54) is 48.5 Å². The Kier molecular flexibility index (Phi) is 20.8. The van der Waals surface area contributed by atoms with Gasteiger partial charge < -0.3 is 129 Å². The average Bonchev–Trinajstić information content (AvgIpc) is 3.39. The molecule has 4 fully saturated rings. The van der Waals surface area contributed by atoms with E-state index in [4.69, 9.17) is 47.4 Å². The van der Waals surface area contributed by atoms with Gasteiger partial charge in [-0.15, -0.1) is 0 Å². The Labute approximate surface area is 421 Å². The van der Waals surface area contributed by atoms with E-state index in [2.05, 4.69) is 0 Å². The normalized spacial score (nSPS) is 37.9. The zero-order chi connectivity index (χ0) is 54.3. The van der Waals surface area contributed by atoms with Gasteiger partial charge >= 0.3 is 11.9 Å². The summed E-state index contributed by atoms with van der Waals surface area (Å²) >= 11 is 0. The van der Waals surface area contributed by atoms with Crippen molar-refractivity contribution in [2.24, 2.45) is 5.92 Å². The molecule has 22 atom stereocenters. The number of ether oxygens (including phenoxy) is 10. The van der Waals surface area contributed by atoms with Crippen molar-refractivity contribution in [2.75, 3.05) is 26.4 Å². The first kappa shape index (κ1) is 59.3. The van der Waals surface area contributed by atoms with E-state index in [0.29, 0.717) is 0 Å². The first-order valence-electron chi connectivity index (χ1n) is 23.5. The van der Waals surface area contributed by atoms with Crippen molar-refractivity contribution < 1.29 is 139 Å². The molecule has 0 unspecified atom stereocenters. The van der Waals surface area contributed by atoms with E-state index >= 15 is 0 Å². The van der Waals surface area contributed by atoms with Crippen LogP contribution in [0.3, 0.4) is 0 Å². The number of hydrogen-bond donors (Lipinski definition) is 16. The number of aliphatic hydroxyl groups is 16. The first-order valence-corrected chi connectivity index (χ1v) is 23.5. The fraction of sp³-hybridized carbons (Fsp3) is 0.696. The predicted molar refractivity (Wildman–Crippen MR) is 237 cm³/mol. The van der Waals surface area contributed by atoms with E-state index in [9.17, 15) is 91.3 Å². The molecule has 0 aliphatic carbocycles. The molecule has 4 heterocycles. The summed E-state index contributed by atoms with van der Waals surface area (Å²) in [4.78, 5) is 28.2. The third kappa shape index (κ3) is 13.3. The Hall–Kier alpha value is -3.90. The summed E-state index contributed by atoms with van der Waals surface area (Å²) in [7, 11) is 0. The molecule has 418 valence electrons. The Morgan fingerprint density at radius 2 is 0.878 bits per heavy atom. The molecule has 4 aliphatic rings. The number of benzene rings is 2. The Balaban J connectivity index is 1.13. The molecule has 4 aliphatic heterocycles. The standard InChI is InChI=1S/C46H66O28/c1-18(2)11-46(74-44-36(60)32(56)29(53)25(14-49)71-44,45(64)66-17-20-5-9-21(10-6-20)67-41-34(58)30(54)27(51)23(12-47)69-41)39(62)40(63)65-16-19-3-7-22(8-4-19)68-42-37(61)33(57)38(26(15-50)72-42)73-43-35(59)31(55)28(52)24(13-48)70-43/h3-10,18,23-39,41-44,47-62H,11-17H2,1-2H3/t23-,24-,25-,26-,27-,28-,29-,30+,31+,32+,33-,34-,35-,36-,37-,38-,39-,41-,42-,43-,44+,46-/m1/s1. The molecule has 6 rings (SSSR count). The summed E-state index contributed by atoms with van der Waals surface area (Å²) in [5.74, 6) is -3.41. The molecule has 0 spiro atoms. The predicted octanol–water partition coefficient (Wildman–Crippen LogP) is -7.38. The largest absolute Gasteiger partial charge is 0.462 e. The topological polar surface area (TPSA) is 450 Å². The minimum Gasteiger partial charge on any atom is -0.462 e. The molecule has 2 aromatic rings. The maximum absolute atomic E-state index is 14.3. The molecule has 0 saturated carbocycles. The van der Waals surface area contributed by atoms with Crippen LogP contribution in [0.15, 0.2) is 48.5 Å². The van der Waals surface area contributed by atoms with Crippen LogP contribution in [0.2, 0.25) is 0 Å². The summed E-state index contributed by atoms with van der Waals surface area (Å²) < 4.78 is 55.6. The second-order valence-corrected chi connectivity index (χ2v) is 18.6. The minimum absolute atomic E-state index is 0.00365. The third-order valence-electron chi connectivity index (χ3n) is 12.8. The van der Waals surface area contributed by atoms with Crippen LogP contribution >= 0.6 is 0 Å². The van der Waals surface area contributed by atoms with Crippen molar-refractivity contribution in [1.29, 1.82) is 0 Å². The van der Waals surface area contributed by atoms with Crippen LogP contribution in [0, 0.1) is 5.92 Å². The molecular weight excluding hydrogens is 1000 g/mol. The van der Waals surface area contributed by atoms with Gasteiger partial charge in [-0.05, 0) is 47.7 Å². The van der Waals surface area contributed by atoms with Crippen molar-refractivity contribution in [3.8, 4) is 11.5 Å². The van der Waals surface area contributed by atoms with Crippen LogP contribution in [-0.4, -0.2) is 255 Å². The van der Waals surface area contributed by atoms with Crippen molar-refractivity contribution in [3.63, 3.8) is 0 Å². The Morgan fingerprint density at radius 1 is 0.500 bits per heavy atom. The van der Waals surface area contributed by atoms with E-state index in [1.807, 2.05) is 0 Å². The quantitative estimate of drug-likeness (QED) is 0.0517. The molecule has 16 N–H and O–H groups in total. The van der Waals surface area contributed by atoms with Gasteiger partial charge in [-0.1, -0.05) is 38.1 Å². The van der Waals surface area contributed by atoms with Crippen molar-refractivity contribution in [3.05, 3.63) is 59.7 Å². The van der Waals surface area contributed by atoms with Gasteiger partial charge in [0.25, 0.3) is 0 Å². The second-order valence-electron chi connectivity index (χ2n) is 18.6. The molecule has 0 radical (unpaired) electrons. The number of rotatable bonds is 21. The number of hydrogen-bond acceptors (Lipinski definition) is 28. The Morgan fingerprint density at radius 3 is 1.32 bits per heavy atom. The zero-order valence-electron chi connectivity index (χ0n) is 39.8. The zero-order valence-corrected chi connectivity index (χ0v) is 39.8. The number of aliphatic hydroxyl groups excluding tert-OH is 16. The maximum Gasteiger partial charge on any atom is 0.342 e. The highest BCUT2D eigenvalue weighted by Gasteiger charge is 2.58. The van der Waals surface area contributed by atoms with Crippen molar-refractivity contribution in [1.82, 2.24) is 0 Å². The van der Waals surface area contributed by atoms with Crippen molar-refractivity contribution >= 4 is 11.9 Å². The SMILES string of the molecule is CC(C)C[C@](O[C@@H]1O[C@H](CO)[C@@H](O)[C@H](O)[C@H]1O)(C(=O)OCc1ccc(O[C@@H]2O[C@H](CO)[C@@H](O)[C@H](O)[C@H]2O)cc1)[C@H](O)C(=O)OCc1ccc(O[C@@H]2O[C@H](CO)[C@@H](O[C@H]3O[C@H](CO)[C@@H](O)[C@H](O)[C@H]3O)[C@H](O)[C@H]2O)cc1. The fourth-order valence-electron chi connectivity index (χ4n) is 8.55. The lowest BCUT2D eigenvalue weighted by Gasteiger charge is -2.45. The van der Waals surface area contributed by atoms with Crippen LogP contribution in [0.4, 0.5) is 0 Å². The van der Waals surface area contributed by atoms with E-state index in [1.54, 1.807) is 13.8 Å². The van der Waals surface area contributed by atoms with Crippen LogP contribution in [-0.2, 0) is 60.7 Å². The van der Waals surface area contributed by atoms with Crippen LogP contribution in [0.1, 0.15) is 31.4 Å². The highest BCUT2D eigenvalue weighted by molar-refractivity contribution is 5.89. The Bertz CT molecular complexity index is 2060. The number of carbonyl (C=O) groups is 2. The molecule has 28 nitrogen and oxygen atoms in total. The monoisotopic (exact) mass is 1070 g/mol. The molecule has 0 aromatic heterocycles. The van der Waals surface area contributed by atoms with Gasteiger partial charge in [0.05, 0.1) is 26.4 Å². The van der Waals surface area contributed by atoms with Crippen LogP contribution in [0.5, 0.6) is 11.5 Å². The van der Waals surface area contributed by atoms with E-state index < -0.39 is 198 Å². The van der Waals surface area contributed by atoms with Gasteiger partial charge in [0.2, 0.25) is 18.2 Å².